The zero-order valence-corrected chi connectivity index (χ0v) is 17.2. The molecule has 142 valence electrons. The molecule has 0 saturated carbocycles. The molecule has 0 fully saturated rings. The number of nitrogens with one attached hydrogen (secondary N) is 1. The Bertz CT molecular complexity index is 1100. The first-order valence-corrected chi connectivity index (χ1v) is 11.2. The van der Waals surface area contributed by atoms with Crippen molar-refractivity contribution in [3.8, 4) is 5.69 Å². The van der Waals surface area contributed by atoms with Crippen molar-refractivity contribution in [3.05, 3.63) is 42.9 Å². The third-order valence-corrected chi connectivity index (χ3v) is 6.45. The molecule has 3 heterocycles. The second-order valence-electron chi connectivity index (χ2n) is 5.45. The lowest BCUT2D eigenvalue weighted by Crippen LogP contribution is -2.14. The van der Waals surface area contributed by atoms with Crippen LogP contribution in [0.3, 0.4) is 0 Å². The maximum atomic E-state index is 12.3. The fourth-order valence-electron chi connectivity index (χ4n) is 2.43. The number of anilines is 1. The molecule has 0 bridgehead atoms. The smallest absolute Gasteiger partial charge is 0.236 e. The minimum atomic E-state index is -0.156. The van der Waals surface area contributed by atoms with E-state index in [1.165, 1.54) is 29.4 Å². The number of thioether (sulfide) groups is 2. The van der Waals surface area contributed by atoms with Gasteiger partial charge in [-0.1, -0.05) is 60.0 Å². The summed E-state index contributed by atoms with van der Waals surface area (Å²) in [5, 5.41) is 17.2. The molecule has 4 rings (SSSR count). The van der Waals surface area contributed by atoms with E-state index in [4.69, 9.17) is 0 Å². The fourth-order valence-corrected chi connectivity index (χ4v) is 4.85. The number of nitrogens with zero attached hydrogens (tertiary/aromatic N) is 6. The second-order valence-corrected chi connectivity index (χ2v) is 8.90. The minimum absolute atomic E-state index is 0.156. The third-order valence-electron chi connectivity index (χ3n) is 3.59. The van der Waals surface area contributed by atoms with Crippen molar-refractivity contribution in [1.29, 1.82) is 0 Å². The largest absolute Gasteiger partial charge is 0.300 e. The van der Waals surface area contributed by atoms with E-state index in [9.17, 15) is 4.79 Å². The van der Waals surface area contributed by atoms with Crippen LogP contribution < -0.4 is 5.32 Å². The number of hydrogen-bond acceptors (Lipinski definition) is 9. The molecule has 8 nitrogen and oxygen atoms in total. The number of rotatable bonds is 7. The number of carbonyl (C=O) groups is 1. The summed E-state index contributed by atoms with van der Waals surface area (Å²) in [6.07, 6.45) is 3.21. The monoisotopic (exact) mass is 429 g/mol. The predicted octanol–water partition coefficient (Wildman–Crippen LogP) is 3.51. The van der Waals surface area contributed by atoms with Crippen LogP contribution in [0.1, 0.15) is 6.92 Å². The summed E-state index contributed by atoms with van der Waals surface area (Å²) in [4.78, 5) is 20.9. The zero-order valence-electron chi connectivity index (χ0n) is 14.8. The number of para-hydroxylation sites is 1. The summed E-state index contributed by atoms with van der Waals surface area (Å²) in [6.45, 7) is 2.04. The molecule has 1 amide bonds. The van der Waals surface area contributed by atoms with E-state index in [-0.39, 0.29) is 11.7 Å². The Morgan fingerprint density at radius 1 is 1.18 bits per heavy atom. The van der Waals surface area contributed by atoms with E-state index in [1.807, 2.05) is 37.3 Å². The van der Waals surface area contributed by atoms with Gasteiger partial charge in [0.05, 0.1) is 23.0 Å². The standard InChI is InChI=1S/C17H15N7OS3/c1-2-26-17-23-22-16(28-17)21-13(25)9-27-15-12-8-20-24(14(12)18-10-19-15)11-6-4-3-5-7-11/h3-8,10H,2,9H2,1H3,(H,21,22,25). The van der Waals surface area contributed by atoms with Crippen LogP contribution in [-0.4, -0.2) is 47.4 Å². The van der Waals surface area contributed by atoms with Gasteiger partial charge < -0.3 is 0 Å². The molecule has 0 atom stereocenters. The van der Waals surface area contributed by atoms with Gasteiger partial charge in [-0.2, -0.15) is 5.10 Å². The summed E-state index contributed by atoms with van der Waals surface area (Å²) in [7, 11) is 0. The molecule has 0 saturated heterocycles. The lowest BCUT2D eigenvalue weighted by molar-refractivity contribution is -0.113. The lowest BCUT2D eigenvalue weighted by atomic mass is 10.3. The number of hydrogen-bond donors (Lipinski definition) is 1. The average molecular weight is 430 g/mol. The van der Waals surface area contributed by atoms with Crippen LogP contribution in [0.25, 0.3) is 16.7 Å². The highest BCUT2D eigenvalue weighted by molar-refractivity contribution is 8.01. The van der Waals surface area contributed by atoms with Gasteiger partial charge in [-0.05, 0) is 17.9 Å². The Labute approximate surface area is 173 Å². The van der Waals surface area contributed by atoms with Gasteiger partial charge in [-0.15, -0.1) is 10.2 Å². The van der Waals surface area contributed by atoms with Gasteiger partial charge >= 0.3 is 0 Å². The zero-order chi connectivity index (χ0) is 19.3. The van der Waals surface area contributed by atoms with Crippen molar-refractivity contribution in [1.82, 2.24) is 29.9 Å². The van der Waals surface area contributed by atoms with Gasteiger partial charge in [-0.25, -0.2) is 14.6 Å². The van der Waals surface area contributed by atoms with Crippen molar-refractivity contribution < 1.29 is 4.79 Å². The maximum Gasteiger partial charge on any atom is 0.236 e. The molecule has 0 spiro atoms. The van der Waals surface area contributed by atoms with Crippen LogP contribution in [0.4, 0.5) is 5.13 Å². The number of fused-ring (bicyclic) bond motifs is 1. The third kappa shape index (κ3) is 4.16. The highest BCUT2D eigenvalue weighted by Crippen LogP contribution is 2.27. The average Bonchev–Trinajstić information content (AvgIpc) is 3.34. The molecule has 0 aliphatic heterocycles. The van der Waals surface area contributed by atoms with E-state index >= 15 is 0 Å². The van der Waals surface area contributed by atoms with Crippen molar-refractivity contribution in [2.75, 3.05) is 16.8 Å². The Morgan fingerprint density at radius 2 is 2.04 bits per heavy atom. The number of amides is 1. The lowest BCUT2D eigenvalue weighted by Gasteiger charge is -2.04. The SMILES string of the molecule is CCSc1nnc(NC(=O)CSc2ncnc3c2cnn3-c2ccccc2)s1. The van der Waals surface area contributed by atoms with Gasteiger partial charge in [0.2, 0.25) is 11.0 Å². The topological polar surface area (TPSA) is 98.5 Å². The van der Waals surface area contributed by atoms with Crippen molar-refractivity contribution in [3.63, 3.8) is 0 Å². The molecular weight excluding hydrogens is 414 g/mol. The molecule has 3 aromatic heterocycles. The molecule has 0 aliphatic rings. The number of carbonyl (C=O) groups excluding carboxylic acids is 1. The van der Waals surface area contributed by atoms with Crippen molar-refractivity contribution in [2.45, 2.75) is 16.3 Å². The van der Waals surface area contributed by atoms with E-state index < -0.39 is 0 Å². The summed E-state index contributed by atoms with van der Waals surface area (Å²) >= 11 is 4.31. The molecule has 4 aromatic rings. The van der Waals surface area contributed by atoms with Crippen LogP contribution in [0.2, 0.25) is 0 Å². The normalized spacial score (nSPS) is 11.0. The van der Waals surface area contributed by atoms with Gasteiger partial charge in [0.25, 0.3) is 0 Å². The van der Waals surface area contributed by atoms with Crippen molar-refractivity contribution >= 4 is 56.9 Å². The molecule has 1 N–H and O–H groups in total. The summed E-state index contributed by atoms with van der Waals surface area (Å²) in [6, 6.07) is 9.76. The maximum absolute atomic E-state index is 12.3. The van der Waals surface area contributed by atoms with E-state index in [0.717, 1.165) is 21.2 Å². The van der Waals surface area contributed by atoms with E-state index in [2.05, 4.69) is 30.6 Å². The van der Waals surface area contributed by atoms with Gasteiger partial charge in [-0.3, -0.25) is 10.1 Å². The summed E-state index contributed by atoms with van der Waals surface area (Å²) in [5.41, 5.74) is 1.62. The van der Waals surface area contributed by atoms with E-state index in [1.54, 1.807) is 22.6 Å². The first kappa shape index (κ1) is 18.8. The fraction of sp³-hybridized carbons (Fsp3) is 0.176. The number of benzene rings is 1. The van der Waals surface area contributed by atoms with Crippen molar-refractivity contribution in [2.24, 2.45) is 0 Å². The molecule has 11 heteroatoms. The highest BCUT2D eigenvalue weighted by Gasteiger charge is 2.14. The first-order valence-electron chi connectivity index (χ1n) is 8.37. The molecule has 28 heavy (non-hydrogen) atoms. The predicted molar refractivity (Wildman–Crippen MR) is 112 cm³/mol. The molecule has 0 radical (unpaired) electrons. The van der Waals surface area contributed by atoms with Gasteiger partial charge in [0.1, 0.15) is 11.4 Å². The Hall–Kier alpha value is -2.50. The van der Waals surface area contributed by atoms with Crippen LogP contribution in [0.15, 0.2) is 52.2 Å². The molecule has 0 aliphatic carbocycles. The first-order chi connectivity index (χ1) is 13.7. The van der Waals surface area contributed by atoms with Gasteiger partial charge in [0, 0.05) is 0 Å². The molecule has 0 unspecified atom stereocenters. The molecular formula is C17H15N7OS3. The highest BCUT2D eigenvalue weighted by atomic mass is 32.2. The Kier molecular flexibility index (Phi) is 5.84. The Morgan fingerprint density at radius 3 is 2.86 bits per heavy atom. The van der Waals surface area contributed by atoms with Crippen LogP contribution in [0, 0.1) is 0 Å². The summed E-state index contributed by atoms with van der Waals surface area (Å²) < 4.78 is 2.60. The molecule has 1 aromatic carbocycles. The minimum Gasteiger partial charge on any atom is -0.300 e. The van der Waals surface area contributed by atoms with Crippen LogP contribution >= 0.6 is 34.9 Å². The van der Waals surface area contributed by atoms with Crippen LogP contribution in [0.5, 0.6) is 0 Å². The van der Waals surface area contributed by atoms with E-state index in [0.29, 0.717) is 15.8 Å². The number of aromatic nitrogens is 6. The van der Waals surface area contributed by atoms with Crippen LogP contribution in [-0.2, 0) is 4.79 Å². The quantitative estimate of drug-likeness (QED) is 0.271. The summed E-state index contributed by atoms with van der Waals surface area (Å²) in [5.74, 6) is 0.966. The van der Waals surface area contributed by atoms with Gasteiger partial charge in [0.15, 0.2) is 9.99 Å². The second kappa shape index (κ2) is 8.67. The Balaban J connectivity index is 1.46.